The SMILES string of the molecule is CNCCN(C)C(=O)NCC1(C(=O)O)CCC1. The lowest BCUT2D eigenvalue weighted by atomic mass is 9.69. The molecular formula is C11H21N3O3. The van der Waals surface area contributed by atoms with E-state index in [-0.39, 0.29) is 12.6 Å². The molecule has 17 heavy (non-hydrogen) atoms. The molecule has 0 heterocycles. The summed E-state index contributed by atoms with van der Waals surface area (Å²) in [5.74, 6) is -0.804. The summed E-state index contributed by atoms with van der Waals surface area (Å²) < 4.78 is 0. The highest BCUT2D eigenvalue weighted by molar-refractivity contribution is 5.78. The Hall–Kier alpha value is -1.30. The Morgan fingerprint density at radius 2 is 2.06 bits per heavy atom. The molecule has 6 nitrogen and oxygen atoms in total. The molecule has 0 unspecified atom stereocenters. The number of rotatable bonds is 6. The van der Waals surface area contributed by atoms with E-state index in [1.54, 1.807) is 11.9 Å². The fourth-order valence-electron chi connectivity index (χ4n) is 1.83. The highest BCUT2D eigenvalue weighted by Crippen LogP contribution is 2.40. The van der Waals surface area contributed by atoms with Crippen molar-refractivity contribution < 1.29 is 14.7 Å². The van der Waals surface area contributed by atoms with E-state index in [4.69, 9.17) is 5.11 Å². The normalized spacial score (nSPS) is 17.1. The predicted octanol–water partition coefficient (Wildman–Crippen LogP) is 0.102. The molecule has 0 atom stereocenters. The maximum absolute atomic E-state index is 11.7. The van der Waals surface area contributed by atoms with Crippen LogP contribution in [0.3, 0.4) is 0 Å². The third-order valence-electron chi connectivity index (χ3n) is 3.39. The van der Waals surface area contributed by atoms with Gasteiger partial charge in [-0.3, -0.25) is 4.79 Å². The second kappa shape index (κ2) is 5.86. The Morgan fingerprint density at radius 3 is 2.47 bits per heavy atom. The van der Waals surface area contributed by atoms with Gasteiger partial charge in [0.15, 0.2) is 0 Å². The predicted molar refractivity (Wildman–Crippen MR) is 63.9 cm³/mol. The van der Waals surface area contributed by atoms with Crippen LogP contribution in [0.4, 0.5) is 4.79 Å². The Kier molecular flexibility index (Phi) is 4.74. The molecule has 2 amide bonds. The van der Waals surface area contributed by atoms with E-state index in [0.717, 1.165) is 6.42 Å². The molecule has 0 spiro atoms. The summed E-state index contributed by atoms with van der Waals surface area (Å²) in [6.45, 7) is 1.54. The number of aliphatic carboxylic acids is 1. The molecule has 0 saturated heterocycles. The van der Waals surface area contributed by atoms with Crippen LogP contribution < -0.4 is 10.6 Å². The van der Waals surface area contributed by atoms with Gasteiger partial charge in [0, 0.05) is 26.7 Å². The summed E-state index contributed by atoms with van der Waals surface area (Å²) in [6.07, 6.45) is 2.24. The molecule has 1 saturated carbocycles. The number of carbonyl (C=O) groups excluding carboxylic acids is 1. The number of hydrogen-bond acceptors (Lipinski definition) is 3. The maximum atomic E-state index is 11.7. The van der Waals surface area contributed by atoms with Gasteiger partial charge in [0.25, 0.3) is 0 Å². The molecule has 1 fully saturated rings. The minimum Gasteiger partial charge on any atom is -0.481 e. The van der Waals surface area contributed by atoms with Gasteiger partial charge in [-0.25, -0.2) is 4.79 Å². The lowest BCUT2D eigenvalue weighted by molar-refractivity contribution is -0.153. The number of carbonyl (C=O) groups is 2. The van der Waals surface area contributed by atoms with Crippen molar-refractivity contribution in [2.24, 2.45) is 5.41 Å². The van der Waals surface area contributed by atoms with Gasteiger partial charge in [-0.2, -0.15) is 0 Å². The Balaban J connectivity index is 2.34. The smallest absolute Gasteiger partial charge is 0.317 e. The minimum atomic E-state index is -0.804. The van der Waals surface area contributed by atoms with Gasteiger partial charge in [-0.1, -0.05) is 6.42 Å². The van der Waals surface area contributed by atoms with Gasteiger partial charge in [-0.15, -0.1) is 0 Å². The average Bonchev–Trinajstić information content (AvgIpc) is 2.23. The average molecular weight is 243 g/mol. The molecular weight excluding hydrogens is 222 g/mol. The Bertz CT molecular complexity index is 290. The van der Waals surface area contributed by atoms with Crippen LogP contribution in [0.5, 0.6) is 0 Å². The highest BCUT2D eigenvalue weighted by Gasteiger charge is 2.44. The lowest BCUT2D eigenvalue weighted by Gasteiger charge is -2.37. The molecule has 0 bridgehead atoms. The van der Waals surface area contributed by atoms with Crippen LogP contribution in [-0.4, -0.2) is 55.7 Å². The molecule has 1 rings (SSSR count). The monoisotopic (exact) mass is 243 g/mol. The third-order valence-corrected chi connectivity index (χ3v) is 3.39. The van der Waals surface area contributed by atoms with Crippen LogP contribution in [0.15, 0.2) is 0 Å². The van der Waals surface area contributed by atoms with Crippen LogP contribution >= 0.6 is 0 Å². The van der Waals surface area contributed by atoms with E-state index in [1.807, 2.05) is 7.05 Å². The van der Waals surface area contributed by atoms with Crippen molar-refractivity contribution in [2.45, 2.75) is 19.3 Å². The van der Waals surface area contributed by atoms with Gasteiger partial charge in [0.2, 0.25) is 0 Å². The zero-order valence-electron chi connectivity index (χ0n) is 10.5. The number of urea groups is 1. The zero-order chi connectivity index (χ0) is 12.9. The summed E-state index contributed by atoms with van der Waals surface area (Å²) >= 11 is 0. The first kappa shape index (κ1) is 13.8. The highest BCUT2D eigenvalue weighted by atomic mass is 16.4. The van der Waals surface area contributed by atoms with Crippen LogP contribution in [0.1, 0.15) is 19.3 Å². The lowest BCUT2D eigenvalue weighted by Crippen LogP contribution is -2.50. The van der Waals surface area contributed by atoms with Gasteiger partial charge < -0.3 is 20.6 Å². The molecule has 0 aromatic carbocycles. The molecule has 0 radical (unpaired) electrons. The van der Waals surface area contributed by atoms with Gasteiger partial charge >= 0.3 is 12.0 Å². The van der Waals surface area contributed by atoms with E-state index < -0.39 is 11.4 Å². The fourth-order valence-corrected chi connectivity index (χ4v) is 1.83. The topological polar surface area (TPSA) is 81.7 Å². The van der Waals surface area contributed by atoms with Gasteiger partial charge in [0.1, 0.15) is 0 Å². The van der Waals surface area contributed by atoms with E-state index in [9.17, 15) is 9.59 Å². The molecule has 3 N–H and O–H groups in total. The van der Waals surface area contributed by atoms with Crippen molar-refractivity contribution in [1.29, 1.82) is 0 Å². The minimum absolute atomic E-state index is 0.215. The number of nitrogens with one attached hydrogen (secondary N) is 2. The second-order valence-electron chi connectivity index (χ2n) is 4.62. The van der Waals surface area contributed by atoms with Crippen LogP contribution in [-0.2, 0) is 4.79 Å². The quantitative estimate of drug-likeness (QED) is 0.618. The molecule has 1 aliphatic carbocycles. The number of carboxylic acid groups (broad SMARTS) is 1. The van der Waals surface area contributed by atoms with Crippen molar-refractivity contribution >= 4 is 12.0 Å². The van der Waals surface area contributed by atoms with Crippen molar-refractivity contribution in [3.8, 4) is 0 Å². The van der Waals surface area contributed by atoms with Gasteiger partial charge in [0.05, 0.1) is 5.41 Å². The summed E-state index contributed by atoms with van der Waals surface area (Å²) in [6, 6.07) is -0.215. The Morgan fingerprint density at radius 1 is 1.41 bits per heavy atom. The zero-order valence-corrected chi connectivity index (χ0v) is 10.5. The summed E-state index contributed by atoms with van der Waals surface area (Å²) in [5.41, 5.74) is -0.723. The van der Waals surface area contributed by atoms with Crippen molar-refractivity contribution in [3.63, 3.8) is 0 Å². The number of nitrogens with zero attached hydrogens (tertiary/aromatic N) is 1. The van der Waals surface area contributed by atoms with Crippen molar-refractivity contribution in [3.05, 3.63) is 0 Å². The first-order valence-corrected chi connectivity index (χ1v) is 5.89. The first-order chi connectivity index (χ1) is 8.02. The third kappa shape index (κ3) is 3.33. The van der Waals surface area contributed by atoms with E-state index in [0.29, 0.717) is 25.9 Å². The molecule has 98 valence electrons. The molecule has 0 aromatic heterocycles. The van der Waals surface area contributed by atoms with Gasteiger partial charge in [-0.05, 0) is 19.9 Å². The van der Waals surface area contributed by atoms with E-state index >= 15 is 0 Å². The van der Waals surface area contributed by atoms with Crippen LogP contribution in [0.25, 0.3) is 0 Å². The largest absolute Gasteiger partial charge is 0.481 e. The second-order valence-corrected chi connectivity index (χ2v) is 4.62. The first-order valence-electron chi connectivity index (χ1n) is 5.89. The van der Waals surface area contributed by atoms with Crippen LogP contribution in [0, 0.1) is 5.41 Å². The van der Waals surface area contributed by atoms with E-state index in [2.05, 4.69) is 10.6 Å². The molecule has 6 heteroatoms. The summed E-state index contributed by atoms with van der Waals surface area (Å²) in [5, 5.41) is 14.7. The number of carboxylic acids is 1. The fraction of sp³-hybridized carbons (Fsp3) is 0.818. The van der Waals surface area contributed by atoms with Crippen molar-refractivity contribution in [1.82, 2.24) is 15.5 Å². The standard InChI is InChI=1S/C11H21N3O3/c1-12-6-7-14(2)10(17)13-8-11(9(15)16)4-3-5-11/h12H,3-8H2,1-2H3,(H,13,17)(H,15,16). The number of likely N-dealkylation sites (N-methyl/N-ethyl adjacent to an activating group) is 2. The summed E-state index contributed by atoms with van der Waals surface area (Å²) in [7, 11) is 3.51. The number of amides is 2. The maximum Gasteiger partial charge on any atom is 0.317 e. The molecule has 0 aromatic rings. The van der Waals surface area contributed by atoms with Crippen LogP contribution in [0.2, 0.25) is 0 Å². The molecule has 1 aliphatic rings. The summed E-state index contributed by atoms with van der Waals surface area (Å²) in [4.78, 5) is 24.3. The van der Waals surface area contributed by atoms with Crippen molar-refractivity contribution in [2.75, 3.05) is 33.7 Å². The number of hydrogen-bond donors (Lipinski definition) is 3. The Labute approximate surface area is 101 Å². The van der Waals surface area contributed by atoms with E-state index in [1.165, 1.54) is 0 Å². The molecule has 0 aliphatic heterocycles.